The fraction of sp³-hybridized carbons (Fsp3) is 0.692. The van der Waals surface area contributed by atoms with Gasteiger partial charge in [-0.2, -0.15) is 0 Å². The summed E-state index contributed by atoms with van der Waals surface area (Å²) in [6, 6.07) is 10.9. The number of aryl methyl sites for hydroxylation is 1. The second kappa shape index (κ2) is 11.8. The van der Waals surface area contributed by atoms with E-state index in [-0.39, 0.29) is 0 Å². The van der Waals surface area contributed by atoms with Gasteiger partial charge in [-0.15, -0.1) is 11.5 Å². The molecule has 27 heavy (non-hydrogen) atoms. The summed E-state index contributed by atoms with van der Waals surface area (Å²) in [6.07, 6.45) is 6.25. The van der Waals surface area contributed by atoms with Crippen LogP contribution in [0.2, 0.25) is 16.6 Å². The quantitative estimate of drug-likeness (QED) is 0.281. The molecule has 0 N–H and O–H groups in total. The van der Waals surface area contributed by atoms with Crippen LogP contribution in [0, 0.1) is 23.3 Å². The Bertz CT molecular complexity index is 551. The van der Waals surface area contributed by atoms with Gasteiger partial charge in [0, 0.05) is 5.92 Å². The normalized spacial score (nSPS) is 14.3. The zero-order valence-corrected chi connectivity index (χ0v) is 20.3. The van der Waals surface area contributed by atoms with E-state index in [9.17, 15) is 0 Å². The lowest BCUT2D eigenvalue weighted by Crippen LogP contribution is -2.43. The molecule has 0 heterocycles. The molecule has 0 aliphatic heterocycles. The third kappa shape index (κ3) is 6.83. The van der Waals surface area contributed by atoms with Gasteiger partial charge in [-0.05, 0) is 47.4 Å². The van der Waals surface area contributed by atoms with E-state index < -0.39 is 8.07 Å². The number of hydrogen-bond acceptors (Lipinski definition) is 0. The molecule has 0 amide bonds. The van der Waals surface area contributed by atoms with Crippen molar-refractivity contribution < 1.29 is 0 Å². The average Bonchev–Trinajstić information content (AvgIpc) is 2.62. The molecule has 1 aromatic rings. The van der Waals surface area contributed by atoms with Gasteiger partial charge in [-0.1, -0.05) is 98.6 Å². The Kier molecular flexibility index (Phi) is 10.5. The molecule has 0 aliphatic carbocycles. The Morgan fingerprint density at radius 3 is 1.85 bits per heavy atom. The van der Waals surface area contributed by atoms with E-state index in [2.05, 4.69) is 97.2 Å². The molecule has 0 aliphatic rings. The lowest BCUT2D eigenvalue weighted by molar-refractivity contribution is 0.383. The SMILES string of the molecule is CCCCC(C#C[Si](C(C)C)(C(C)C)C(C)C)C(C)CCc1ccccc1. The van der Waals surface area contributed by atoms with Gasteiger partial charge in [0.2, 0.25) is 0 Å². The molecule has 152 valence electrons. The van der Waals surface area contributed by atoms with E-state index in [0.717, 1.165) is 16.6 Å². The maximum atomic E-state index is 4.01. The van der Waals surface area contributed by atoms with Gasteiger partial charge < -0.3 is 0 Å². The van der Waals surface area contributed by atoms with Crippen LogP contribution in [-0.4, -0.2) is 8.07 Å². The van der Waals surface area contributed by atoms with E-state index in [4.69, 9.17) is 0 Å². The summed E-state index contributed by atoms with van der Waals surface area (Å²) in [6.45, 7) is 19.2. The molecule has 1 heteroatoms. The van der Waals surface area contributed by atoms with Crippen LogP contribution in [0.1, 0.15) is 86.6 Å². The lowest BCUT2D eigenvalue weighted by atomic mass is 9.86. The maximum Gasteiger partial charge on any atom is 0.145 e. The topological polar surface area (TPSA) is 0 Å². The molecule has 0 radical (unpaired) electrons. The first-order chi connectivity index (χ1) is 12.8. The van der Waals surface area contributed by atoms with Crippen molar-refractivity contribution in [2.75, 3.05) is 0 Å². The predicted octanol–water partition coefficient (Wildman–Crippen LogP) is 8.28. The monoisotopic (exact) mass is 384 g/mol. The first kappa shape index (κ1) is 24.0. The van der Waals surface area contributed by atoms with Crippen LogP contribution in [0.5, 0.6) is 0 Å². The zero-order chi connectivity index (χ0) is 20.4. The van der Waals surface area contributed by atoms with Crippen LogP contribution in [0.3, 0.4) is 0 Å². The van der Waals surface area contributed by atoms with E-state index in [0.29, 0.717) is 11.8 Å². The van der Waals surface area contributed by atoms with Crippen molar-refractivity contribution in [1.82, 2.24) is 0 Å². The molecule has 0 bridgehead atoms. The summed E-state index contributed by atoms with van der Waals surface area (Å²) in [5, 5.41) is 0. The van der Waals surface area contributed by atoms with Crippen molar-refractivity contribution in [3.63, 3.8) is 0 Å². The number of rotatable bonds is 10. The van der Waals surface area contributed by atoms with Crippen LogP contribution in [0.4, 0.5) is 0 Å². The molecule has 1 rings (SSSR count). The second-order valence-corrected chi connectivity index (χ2v) is 15.0. The highest BCUT2D eigenvalue weighted by Gasteiger charge is 2.41. The molecule has 0 saturated heterocycles. The minimum atomic E-state index is -1.62. The zero-order valence-electron chi connectivity index (χ0n) is 19.3. The minimum absolute atomic E-state index is 0.553. The van der Waals surface area contributed by atoms with Crippen LogP contribution >= 0.6 is 0 Å². The van der Waals surface area contributed by atoms with Crippen molar-refractivity contribution in [3.8, 4) is 11.5 Å². The van der Waals surface area contributed by atoms with Gasteiger partial charge in [-0.3, -0.25) is 0 Å². The third-order valence-electron chi connectivity index (χ3n) is 6.63. The first-order valence-corrected chi connectivity index (χ1v) is 13.5. The molecule has 0 spiro atoms. The summed E-state index contributed by atoms with van der Waals surface area (Å²) in [5.74, 6) is 5.11. The molecule has 0 fully saturated rings. The van der Waals surface area contributed by atoms with Crippen molar-refractivity contribution in [2.45, 2.75) is 104 Å². The van der Waals surface area contributed by atoms with Crippen LogP contribution < -0.4 is 0 Å². The highest BCUT2D eigenvalue weighted by molar-refractivity contribution is 6.90. The number of hydrogen-bond donors (Lipinski definition) is 0. The van der Waals surface area contributed by atoms with E-state index in [1.807, 2.05) is 0 Å². The van der Waals surface area contributed by atoms with Crippen molar-refractivity contribution in [2.24, 2.45) is 11.8 Å². The van der Waals surface area contributed by atoms with E-state index in [1.54, 1.807) is 0 Å². The van der Waals surface area contributed by atoms with Crippen LogP contribution in [0.25, 0.3) is 0 Å². The minimum Gasteiger partial charge on any atom is -0.130 e. The Morgan fingerprint density at radius 2 is 1.37 bits per heavy atom. The molecule has 0 saturated carbocycles. The Morgan fingerprint density at radius 1 is 0.815 bits per heavy atom. The third-order valence-corrected chi connectivity index (χ3v) is 12.9. The van der Waals surface area contributed by atoms with Crippen molar-refractivity contribution >= 4 is 8.07 Å². The number of unbranched alkanes of at least 4 members (excludes halogenated alkanes) is 1. The van der Waals surface area contributed by atoms with Gasteiger partial charge in [0.05, 0.1) is 0 Å². The summed E-state index contributed by atoms with van der Waals surface area (Å²) in [5.41, 5.74) is 7.63. The molecule has 2 atom stereocenters. The summed E-state index contributed by atoms with van der Waals surface area (Å²) in [4.78, 5) is 0. The fourth-order valence-electron chi connectivity index (χ4n) is 4.81. The van der Waals surface area contributed by atoms with Gasteiger partial charge >= 0.3 is 0 Å². The first-order valence-electron chi connectivity index (χ1n) is 11.3. The molecule has 0 nitrogen and oxygen atoms in total. The predicted molar refractivity (Wildman–Crippen MR) is 126 cm³/mol. The lowest BCUT2D eigenvalue weighted by Gasteiger charge is -2.38. The molecule has 0 aromatic heterocycles. The fourth-order valence-corrected chi connectivity index (χ4v) is 10.1. The van der Waals surface area contributed by atoms with Crippen LogP contribution in [-0.2, 0) is 6.42 Å². The molecular formula is C26H44Si. The Hall–Kier alpha value is -1.00. The summed E-state index contributed by atoms with van der Waals surface area (Å²) < 4.78 is 0. The molecule has 2 unspecified atom stereocenters. The highest BCUT2D eigenvalue weighted by Crippen LogP contribution is 2.41. The largest absolute Gasteiger partial charge is 0.145 e. The van der Waals surface area contributed by atoms with Gasteiger partial charge in [-0.25, -0.2) is 0 Å². The number of benzene rings is 1. The average molecular weight is 385 g/mol. The smallest absolute Gasteiger partial charge is 0.130 e. The standard InChI is InChI=1S/C26H44Si/c1-9-10-16-26(24(8)17-18-25-14-12-11-13-15-25)19-20-27(21(2)3,22(4)5)23(6)7/h11-15,21-24,26H,9-10,16-18H2,1-8H3. The van der Waals surface area contributed by atoms with E-state index >= 15 is 0 Å². The van der Waals surface area contributed by atoms with Crippen molar-refractivity contribution in [1.29, 1.82) is 0 Å². The summed E-state index contributed by atoms with van der Waals surface area (Å²) in [7, 11) is -1.62. The highest BCUT2D eigenvalue weighted by atomic mass is 28.3. The van der Waals surface area contributed by atoms with Crippen LogP contribution in [0.15, 0.2) is 30.3 Å². The molecular weight excluding hydrogens is 340 g/mol. The Balaban J connectivity index is 3.00. The van der Waals surface area contributed by atoms with E-state index in [1.165, 1.54) is 37.7 Å². The van der Waals surface area contributed by atoms with Crippen molar-refractivity contribution in [3.05, 3.63) is 35.9 Å². The Labute approximate surface area is 171 Å². The summed E-state index contributed by atoms with van der Waals surface area (Å²) >= 11 is 0. The van der Waals surface area contributed by atoms with Gasteiger partial charge in [0.1, 0.15) is 8.07 Å². The maximum absolute atomic E-state index is 4.01. The second-order valence-electron chi connectivity index (χ2n) is 9.42. The van der Waals surface area contributed by atoms with Gasteiger partial charge in [0.15, 0.2) is 0 Å². The van der Waals surface area contributed by atoms with Gasteiger partial charge in [0.25, 0.3) is 0 Å². The molecule has 1 aromatic carbocycles.